The van der Waals surface area contributed by atoms with Crippen molar-refractivity contribution in [3.05, 3.63) is 31.6 Å². The van der Waals surface area contributed by atoms with Gasteiger partial charge in [0.15, 0.2) is 0 Å². The summed E-state index contributed by atoms with van der Waals surface area (Å²) >= 11 is 5.87. The first-order chi connectivity index (χ1) is 7.91. The number of aromatic nitrogens is 2. The van der Waals surface area contributed by atoms with Crippen molar-refractivity contribution in [3.8, 4) is 0 Å². The summed E-state index contributed by atoms with van der Waals surface area (Å²) in [6.45, 7) is 7.70. The summed E-state index contributed by atoms with van der Waals surface area (Å²) in [5.74, 6) is 0. The van der Waals surface area contributed by atoms with E-state index in [1.165, 1.54) is 4.57 Å². The van der Waals surface area contributed by atoms with E-state index in [-0.39, 0.29) is 10.7 Å². The Balaban J connectivity index is 3.66. The van der Waals surface area contributed by atoms with Gasteiger partial charge >= 0.3 is 5.69 Å². The predicted molar refractivity (Wildman–Crippen MR) is 69.9 cm³/mol. The SMILES string of the molecule is CCc1c(Cl)[nH]c(=O)n(C(C)(CC)CC)c1=O. The van der Waals surface area contributed by atoms with Crippen molar-refractivity contribution in [1.82, 2.24) is 9.55 Å². The maximum absolute atomic E-state index is 12.3. The van der Waals surface area contributed by atoms with Crippen LogP contribution in [0.4, 0.5) is 0 Å². The van der Waals surface area contributed by atoms with E-state index in [1.54, 1.807) is 0 Å². The molecule has 0 radical (unpaired) electrons. The molecule has 96 valence electrons. The van der Waals surface area contributed by atoms with Crippen LogP contribution in [0.25, 0.3) is 0 Å². The number of H-pyrrole nitrogens is 1. The fourth-order valence-corrected chi connectivity index (χ4v) is 2.20. The average Bonchev–Trinajstić information content (AvgIpc) is 2.28. The molecule has 0 aromatic carbocycles. The number of aromatic amines is 1. The third-order valence-electron chi connectivity index (χ3n) is 3.56. The van der Waals surface area contributed by atoms with Crippen molar-refractivity contribution >= 4 is 11.6 Å². The fourth-order valence-electron chi connectivity index (χ4n) is 1.91. The first-order valence-electron chi connectivity index (χ1n) is 5.95. The van der Waals surface area contributed by atoms with Gasteiger partial charge in [0.25, 0.3) is 5.56 Å². The van der Waals surface area contributed by atoms with E-state index >= 15 is 0 Å². The molecule has 1 aromatic rings. The fraction of sp³-hybridized carbons (Fsp3) is 0.667. The van der Waals surface area contributed by atoms with E-state index in [4.69, 9.17) is 11.6 Å². The molecular weight excluding hydrogens is 240 g/mol. The quantitative estimate of drug-likeness (QED) is 0.843. The number of hydrogen-bond acceptors (Lipinski definition) is 2. The van der Waals surface area contributed by atoms with Crippen molar-refractivity contribution in [2.24, 2.45) is 0 Å². The lowest BCUT2D eigenvalue weighted by Crippen LogP contribution is -2.48. The van der Waals surface area contributed by atoms with Gasteiger partial charge in [-0.05, 0) is 26.2 Å². The molecule has 0 saturated heterocycles. The normalized spacial score (nSPS) is 11.8. The highest BCUT2D eigenvalue weighted by Gasteiger charge is 2.27. The summed E-state index contributed by atoms with van der Waals surface area (Å²) in [5, 5.41) is 0.160. The number of hydrogen-bond donors (Lipinski definition) is 1. The lowest BCUT2D eigenvalue weighted by atomic mass is 9.95. The molecule has 0 aliphatic rings. The van der Waals surface area contributed by atoms with Crippen LogP contribution in [0.2, 0.25) is 5.15 Å². The van der Waals surface area contributed by atoms with E-state index in [0.717, 1.165) is 12.8 Å². The first kappa shape index (κ1) is 14.0. The summed E-state index contributed by atoms with van der Waals surface area (Å²) in [6, 6.07) is 0. The van der Waals surface area contributed by atoms with Crippen molar-refractivity contribution in [2.45, 2.75) is 52.5 Å². The maximum Gasteiger partial charge on any atom is 0.330 e. The Morgan fingerprint density at radius 1 is 1.24 bits per heavy atom. The van der Waals surface area contributed by atoms with E-state index < -0.39 is 11.2 Å². The molecule has 5 heteroatoms. The number of halogens is 1. The zero-order chi connectivity index (χ0) is 13.2. The standard InChI is InChI=1S/C12H19ClN2O2/c1-5-8-9(13)14-11(17)15(10(8)16)12(4,6-2)7-3/h5-7H2,1-4H3,(H,14,17). The monoisotopic (exact) mass is 258 g/mol. The lowest BCUT2D eigenvalue weighted by Gasteiger charge is -2.28. The van der Waals surface area contributed by atoms with Gasteiger partial charge in [-0.15, -0.1) is 0 Å². The number of rotatable bonds is 4. The molecule has 0 bridgehead atoms. The van der Waals surface area contributed by atoms with Gasteiger partial charge in [0.05, 0.1) is 5.56 Å². The van der Waals surface area contributed by atoms with Crippen LogP contribution >= 0.6 is 11.6 Å². The van der Waals surface area contributed by atoms with Gasteiger partial charge in [0.2, 0.25) is 0 Å². The van der Waals surface area contributed by atoms with Gasteiger partial charge in [0, 0.05) is 5.54 Å². The first-order valence-corrected chi connectivity index (χ1v) is 6.33. The minimum atomic E-state index is -0.459. The predicted octanol–water partition coefficient (Wildman–Crippen LogP) is 2.29. The molecule has 1 aromatic heterocycles. The van der Waals surface area contributed by atoms with Crippen molar-refractivity contribution in [2.75, 3.05) is 0 Å². The van der Waals surface area contributed by atoms with Gasteiger partial charge in [-0.25, -0.2) is 4.79 Å². The van der Waals surface area contributed by atoms with Gasteiger partial charge in [0.1, 0.15) is 5.15 Å². The molecule has 0 atom stereocenters. The van der Waals surface area contributed by atoms with Crippen LogP contribution in [-0.2, 0) is 12.0 Å². The zero-order valence-corrected chi connectivity index (χ0v) is 11.5. The minimum absolute atomic E-state index is 0.160. The Bertz CT molecular complexity index is 512. The Labute approximate surface area is 106 Å². The highest BCUT2D eigenvalue weighted by Crippen LogP contribution is 2.21. The largest absolute Gasteiger partial charge is 0.330 e. The van der Waals surface area contributed by atoms with E-state index in [0.29, 0.717) is 12.0 Å². The molecule has 0 saturated carbocycles. The second-order valence-electron chi connectivity index (χ2n) is 4.42. The Kier molecular flexibility index (Phi) is 4.20. The second-order valence-corrected chi connectivity index (χ2v) is 4.80. The van der Waals surface area contributed by atoms with Crippen LogP contribution in [0.15, 0.2) is 9.59 Å². The number of nitrogens with one attached hydrogen (secondary N) is 1. The third-order valence-corrected chi connectivity index (χ3v) is 3.89. The van der Waals surface area contributed by atoms with Crippen LogP contribution in [0.1, 0.15) is 46.1 Å². The van der Waals surface area contributed by atoms with Gasteiger partial charge in [-0.3, -0.25) is 14.3 Å². The minimum Gasteiger partial charge on any atom is -0.297 e. The van der Waals surface area contributed by atoms with E-state index in [1.807, 2.05) is 27.7 Å². The third kappa shape index (κ3) is 2.32. The second kappa shape index (κ2) is 5.08. The smallest absolute Gasteiger partial charge is 0.297 e. The molecular formula is C12H19ClN2O2. The highest BCUT2D eigenvalue weighted by molar-refractivity contribution is 6.30. The molecule has 0 fully saturated rings. The summed E-state index contributed by atoms with van der Waals surface area (Å²) in [5.41, 5.74) is -0.686. The topological polar surface area (TPSA) is 54.9 Å². The molecule has 1 heterocycles. The van der Waals surface area contributed by atoms with Crippen molar-refractivity contribution in [1.29, 1.82) is 0 Å². The van der Waals surface area contributed by atoms with Gasteiger partial charge < -0.3 is 0 Å². The Morgan fingerprint density at radius 3 is 2.18 bits per heavy atom. The van der Waals surface area contributed by atoms with Gasteiger partial charge in [-0.2, -0.15) is 0 Å². The zero-order valence-electron chi connectivity index (χ0n) is 10.8. The summed E-state index contributed by atoms with van der Waals surface area (Å²) in [6.07, 6.45) is 1.95. The van der Waals surface area contributed by atoms with Crippen LogP contribution < -0.4 is 11.2 Å². The van der Waals surface area contributed by atoms with E-state index in [9.17, 15) is 9.59 Å². The van der Waals surface area contributed by atoms with Crippen LogP contribution in [0.3, 0.4) is 0 Å². The summed E-state index contributed by atoms with van der Waals surface area (Å²) < 4.78 is 1.30. The van der Waals surface area contributed by atoms with Crippen molar-refractivity contribution < 1.29 is 0 Å². The van der Waals surface area contributed by atoms with Crippen molar-refractivity contribution in [3.63, 3.8) is 0 Å². The molecule has 17 heavy (non-hydrogen) atoms. The molecule has 0 aliphatic heterocycles. The number of nitrogens with zero attached hydrogens (tertiary/aromatic N) is 1. The van der Waals surface area contributed by atoms with Gasteiger partial charge in [-0.1, -0.05) is 32.4 Å². The molecule has 0 aliphatic carbocycles. The maximum atomic E-state index is 12.3. The molecule has 0 spiro atoms. The summed E-state index contributed by atoms with van der Waals surface area (Å²) in [7, 11) is 0. The van der Waals surface area contributed by atoms with Crippen LogP contribution in [0.5, 0.6) is 0 Å². The molecule has 1 N–H and O–H groups in total. The molecule has 1 rings (SSSR count). The van der Waals surface area contributed by atoms with E-state index in [2.05, 4.69) is 4.98 Å². The van der Waals surface area contributed by atoms with Crippen LogP contribution in [0, 0.1) is 0 Å². The molecule has 0 amide bonds. The average molecular weight is 259 g/mol. The molecule has 0 unspecified atom stereocenters. The Morgan fingerprint density at radius 2 is 1.76 bits per heavy atom. The highest BCUT2D eigenvalue weighted by atomic mass is 35.5. The molecule has 4 nitrogen and oxygen atoms in total. The van der Waals surface area contributed by atoms with Crippen LogP contribution in [-0.4, -0.2) is 9.55 Å². The summed E-state index contributed by atoms with van der Waals surface area (Å²) in [4.78, 5) is 26.7. The Hall–Kier alpha value is -1.03. The lowest BCUT2D eigenvalue weighted by molar-refractivity contribution is 0.272.